The number of rotatable bonds is 5. The van der Waals surface area contributed by atoms with Crippen molar-refractivity contribution in [2.45, 2.75) is 32.6 Å². The summed E-state index contributed by atoms with van der Waals surface area (Å²) in [4.78, 5) is 14.3. The van der Waals surface area contributed by atoms with E-state index in [1.54, 1.807) is 0 Å². The van der Waals surface area contributed by atoms with E-state index in [2.05, 4.69) is 15.4 Å². The van der Waals surface area contributed by atoms with Gasteiger partial charge in [0.1, 0.15) is 11.3 Å². The Hall–Kier alpha value is -2.14. The van der Waals surface area contributed by atoms with Crippen molar-refractivity contribution in [3.05, 3.63) is 36.1 Å². The van der Waals surface area contributed by atoms with Gasteiger partial charge in [-0.1, -0.05) is 24.6 Å². The molecule has 5 nitrogen and oxygen atoms in total. The van der Waals surface area contributed by atoms with Gasteiger partial charge in [-0.25, -0.2) is 5.43 Å². The van der Waals surface area contributed by atoms with Gasteiger partial charge in [0.15, 0.2) is 5.76 Å². The van der Waals surface area contributed by atoms with Gasteiger partial charge in [0.05, 0.1) is 0 Å². The molecule has 0 radical (unpaired) electrons. The Morgan fingerprint density at radius 2 is 2.04 bits per heavy atom. The standard InChI is InChI=1S/C18H23N3O2/c1-14(17-13-15-7-3-4-8-16(15)23-17)19-20-18(22)9-12-21-10-5-2-6-11-21/h3-4,7-8,13H,2,5-6,9-12H2,1H3,(H,20,22)/b19-14+. The summed E-state index contributed by atoms with van der Waals surface area (Å²) in [6.07, 6.45) is 4.27. The molecule has 2 aromatic rings. The predicted octanol–water partition coefficient (Wildman–Crippen LogP) is 3.15. The van der Waals surface area contributed by atoms with Gasteiger partial charge >= 0.3 is 0 Å². The summed E-state index contributed by atoms with van der Waals surface area (Å²) < 4.78 is 5.73. The number of hydrazone groups is 1. The lowest BCUT2D eigenvalue weighted by molar-refractivity contribution is -0.121. The molecule has 1 N–H and O–H groups in total. The quantitative estimate of drug-likeness (QED) is 0.681. The van der Waals surface area contributed by atoms with Crippen LogP contribution in [0.1, 0.15) is 38.4 Å². The molecular formula is C18H23N3O2. The average molecular weight is 313 g/mol. The van der Waals surface area contributed by atoms with Crippen LogP contribution in [0.25, 0.3) is 11.0 Å². The summed E-state index contributed by atoms with van der Waals surface area (Å²) in [5, 5.41) is 5.19. The van der Waals surface area contributed by atoms with E-state index in [-0.39, 0.29) is 5.91 Å². The molecule has 1 aromatic carbocycles. The van der Waals surface area contributed by atoms with Crippen LogP contribution in [0.15, 0.2) is 39.9 Å². The molecular weight excluding hydrogens is 290 g/mol. The number of likely N-dealkylation sites (tertiary alicyclic amines) is 1. The number of amides is 1. The predicted molar refractivity (Wildman–Crippen MR) is 91.5 cm³/mol. The van der Waals surface area contributed by atoms with Crippen LogP contribution in [0.2, 0.25) is 0 Å². The first-order valence-corrected chi connectivity index (χ1v) is 8.27. The molecule has 1 fully saturated rings. The number of furan rings is 1. The number of para-hydroxylation sites is 1. The maximum atomic E-state index is 11.9. The first-order chi connectivity index (χ1) is 11.2. The van der Waals surface area contributed by atoms with Crippen LogP contribution in [0, 0.1) is 0 Å². The average Bonchev–Trinajstić information content (AvgIpc) is 3.03. The van der Waals surface area contributed by atoms with Crippen LogP contribution in [0.3, 0.4) is 0 Å². The van der Waals surface area contributed by atoms with Crippen LogP contribution < -0.4 is 5.43 Å². The van der Waals surface area contributed by atoms with Crippen LogP contribution in [0.4, 0.5) is 0 Å². The van der Waals surface area contributed by atoms with Crippen molar-refractivity contribution in [1.29, 1.82) is 0 Å². The van der Waals surface area contributed by atoms with Crippen LogP contribution in [0.5, 0.6) is 0 Å². The molecule has 0 bridgehead atoms. The maximum Gasteiger partial charge on any atom is 0.241 e. The Morgan fingerprint density at radius 1 is 1.26 bits per heavy atom. The molecule has 2 heterocycles. The minimum atomic E-state index is -0.0500. The van der Waals surface area contributed by atoms with Gasteiger partial charge in [-0.3, -0.25) is 4.79 Å². The second-order valence-electron chi connectivity index (χ2n) is 6.03. The van der Waals surface area contributed by atoms with Crippen molar-refractivity contribution in [1.82, 2.24) is 10.3 Å². The van der Waals surface area contributed by atoms with Crippen molar-refractivity contribution >= 4 is 22.6 Å². The number of piperidine rings is 1. The molecule has 1 aliphatic heterocycles. The Morgan fingerprint density at radius 3 is 2.83 bits per heavy atom. The number of benzene rings is 1. The Labute approximate surface area is 136 Å². The zero-order valence-corrected chi connectivity index (χ0v) is 13.5. The first kappa shape index (κ1) is 15.7. The van der Waals surface area contributed by atoms with E-state index in [1.807, 2.05) is 37.3 Å². The molecule has 0 saturated carbocycles. The smallest absolute Gasteiger partial charge is 0.241 e. The largest absolute Gasteiger partial charge is 0.455 e. The molecule has 122 valence electrons. The lowest BCUT2D eigenvalue weighted by atomic mass is 10.1. The Kier molecular flexibility index (Phi) is 5.08. The molecule has 1 saturated heterocycles. The molecule has 0 aliphatic carbocycles. The van der Waals surface area contributed by atoms with Gasteiger partial charge in [0.2, 0.25) is 5.91 Å². The van der Waals surface area contributed by atoms with E-state index < -0.39 is 0 Å². The molecule has 23 heavy (non-hydrogen) atoms. The fourth-order valence-electron chi connectivity index (χ4n) is 2.86. The molecule has 1 amide bonds. The summed E-state index contributed by atoms with van der Waals surface area (Å²) in [6.45, 7) is 4.86. The number of carbonyl (C=O) groups is 1. The second kappa shape index (κ2) is 7.42. The van der Waals surface area contributed by atoms with Crippen molar-refractivity contribution in [2.75, 3.05) is 19.6 Å². The topological polar surface area (TPSA) is 57.8 Å². The van der Waals surface area contributed by atoms with E-state index >= 15 is 0 Å². The molecule has 0 atom stereocenters. The maximum absolute atomic E-state index is 11.9. The highest BCUT2D eigenvalue weighted by molar-refractivity contribution is 6.00. The lowest BCUT2D eigenvalue weighted by Crippen LogP contribution is -2.33. The van der Waals surface area contributed by atoms with E-state index in [1.165, 1.54) is 19.3 Å². The summed E-state index contributed by atoms with van der Waals surface area (Å²) in [5.74, 6) is 0.633. The van der Waals surface area contributed by atoms with E-state index in [0.29, 0.717) is 17.9 Å². The lowest BCUT2D eigenvalue weighted by Gasteiger charge is -2.25. The summed E-state index contributed by atoms with van der Waals surface area (Å²) in [7, 11) is 0. The van der Waals surface area contributed by atoms with Gasteiger partial charge < -0.3 is 9.32 Å². The van der Waals surface area contributed by atoms with Crippen LogP contribution >= 0.6 is 0 Å². The van der Waals surface area contributed by atoms with Gasteiger partial charge in [-0.05, 0) is 45.0 Å². The van der Waals surface area contributed by atoms with E-state index in [0.717, 1.165) is 30.6 Å². The molecule has 1 aliphatic rings. The third kappa shape index (κ3) is 4.20. The highest BCUT2D eigenvalue weighted by Crippen LogP contribution is 2.19. The van der Waals surface area contributed by atoms with Crippen LogP contribution in [-0.2, 0) is 4.79 Å². The molecule has 3 rings (SSSR count). The molecule has 1 aromatic heterocycles. The minimum absolute atomic E-state index is 0.0500. The second-order valence-corrected chi connectivity index (χ2v) is 6.03. The van der Waals surface area contributed by atoms with E-state index in [9.17, 15) is 4.79 Å². The minimum Gasteiger partial charge on any atom is -0.455 e. The summed E-state index contributed by atoms with van der Waals surface area (Å²) in [5.41, 5.74) is 4.13. The molecule has 5 heteroatoms. The van der Waals surface area contributed by atoms with Crippen LogP contribution in [-0.4, -0.2) is 36.2 Å². The van der Waals surface area contributed by atoms with Crippen molar-refractivity contribution < 1.29 is 9.21 Å². The molecule has 0 unspecified atom stereocenters. The first-order valence-electron chi connectivity index (χ1n) is 8.27. The summed E-state index contributed by atoms with van der Waals surface area (Å²) in [6, 6.07) is 9.76. The van der Waals surface area contributed by atoms with Gasteiger partial charge in [0, 0.05) is 18.4 Å². The van der Waals surface area contributed by atoms with Crippen molar-refractivity contribution in [3.8, 4) is 0 Å². The zero-order chi connectivity index (χ0) is 16.1. The number of fused-ring (bicyclic) bond motifs is 1. The highest BCUT2D eigenvalue weighted by atomic mass is 16.3. The monoisotopic (exact) mass is 313 g/mol. The SMILES string of the molecule is C/C(=N\NC(=O)CCN1CCCCC1)c1cc2ccccc2o1. The van der Waals surface area contributed by atoms with Crippen molar-refractivity contribution in [2.24, 2.45) is 5.10 Å². The number of hydrogen-bond donors (Lipinski definition) is 1. The fraction of sp³-hybridized carbons (Fsp3) is 0.444. The van der Waals surface area contributed by atoms with Gasteiger partial charge in [-0.2, -0.15) is 5.10 Å². The van der Waals surface area contributed by atoms with E-state index in [4.69, 9.17) is 4.42 Å². The number of hydrogen-bond acceptors (Lipinski definition) is 4. The van der Waals surface area contributed by atoms with Crippen molar-refractivity contribution in [3.63, 3.8) is 0 Å². The third-order valence-electron chi connectivity index (χ3n) is 4.23. The number of nitrogens with zero attached hydrogens (tertiary/aromatic N) is 2. The Bertz CT molecular complexity index is 666. The zero-order valence-electron chi connectivity index (χ0n) is 13.5. The Balaban J connectivity index is 1.52. The number of carbonyl (C=O) groups excluding carboxylic acids is 1. The van der Waals surface area contributed by atoms with Gasteiger partial charge in [0.25, 0.3) is 0 Å². The van der Waals surface area contributed by atoms with Gasteiger partial charge in [-0.15, -0.1) is 0 Å². The molecule has 0 spiro atoms. The summed E-state index contributed by atoms with van der Waals surface area (Å²) >= 11 is 0. The normalized spacial score (nSPS) is 16.7. The highest BCUT2D eigenvalue weighted by Gasteiger charge is 2.12. The fourth-order valence-corrected chi connectivity index (χ4v) is 2.86. The number of nitrogens with one attached hydrogen (secondary N) is 1. The third-order valence-corrected chi connectivity index (χ3v) is 4.23.